The molecule has 2 aliphatic rings. The van der Waals surface area contributed by atoms with Gasteiger partial charge in [-0.2, -0.15) is 0 Å². The van der Waals surface area contributed by atoms with Crippen LogP contribution in [-0.2, 0) is 16.9 Å². The largest absolute Gasteiger partial charge is 0.493 e. The minimum atomic E-state index is -1.02. The average Bonchev–Trinajstić information content (AvgIpc) is 3.00. The van der Waals surface area contributed by atoms with Crippen molar-refractivity contribution in [3.05, 3.63) is 45.4 Å². The zero-order chi connectivity index (χ0) is 16.9. The van der Waals surface area contributed by atoms with E-state index in [-0.39, 0.29) is 18.5 Å². The predicted octanol–water partition coefficient (Wildman–Crippen LogP) is 2.49. The molecule has 2 aliphatic heterocycles. The van der Waals surface area contributed by atoms with Gasteiger partial charge >= 0.3 is 6.03 Å². The highest BCUT2D eigenvalue weighted by atomic mass is 32.1. The third-order valence-corrected chi connectivity index (χ3v) is 5.68. The molecule has 6 nitrogen and oxygen atoms in total. The summed E-state index contributed by atoms with van der Waals surface area (Å²) in [4.78, 5) is 32.4. The SMILES string of the molecule is Cc1nc(CN2C(=O)NC3(CCOc4ccccc43)C2=O)sc1C. The standard InChI is InChI=1S/C17H17N3O3S/c1-10-11(2)24-14(18-10)9-20-15(21)17(19-16(20)22)7-8-23-13-6-4-3-5-12(13)17/h3-6H,7-9H2,1-2H3,(H,19,22). The van der Waals surface area contributed by atoms with Crippen molar-refractivity contribution in [3.63, 3.8) is 0 Å². The van der Waals surface area contributed by atoms with Crippen LogP contribution in [0.25, 0.3) is 0 Å². The van der Waals surface area contributed by atoms with Crippen molar-refractivity contribution >= 4 is 23.3 Å². The van der Waals surface area contributed by atoms with Gasteiger partial charge in [0.05, 0.1) is 18.8 Å². The summed E-state index contributed by atoms with van der Waals surface area (Å²) in [5.41, 5.74) is 0.643. The first-order valence-electron chi connectivity index (χ1n) is 7.80. The van der Waals surface area contributed by atoms with Crippen molar-refractivity contribution in [2.75, 3.05) is 6.61 Å². The van der Waals surface area contributed by atoms with E-state index in [4.69, 9.17) is 4.74 Å². The molecule has 0 saturated carbocycles. The van der Waals surface area contributed by atoms with Gasteiger partial charge in [0.25, 0.3) is 5.91 Å². The van der Waals surface area contributed by atoms with E-state index in [0.29, 0.717) is 18.8 Å². The van der Waals surface area contributed by atoms with Gasteiger partial charge in [0.1, 0.15) is 10.8 Å². The highest BCUT2D eigenvalue weighted by Crippen LogP contribution is 2.41. The summed E-state index contributed by atoms with van der Waals surface area (Å²) < 4.78 is 5.63. The average molecular weight is 343 g/mol. The van der Waals surface area contributed by atoms with Crippen LogP contribution in [0.4, 0.5) is 4.79 Å². The number of fused-ring (bicyclic) bond motifs is 2. The Morgan fingerprint density at radius 2 is 2.12 bits per heavy atom. The summed E-state index contributed by atoms with van der Waals surface area (Å²) >= 11 is 1.52. The molecule has 7 heteroatoms. The third-order valence-electron chi connectivity index (χ3n) is 4.62. The van der Waals surface area contributed by atoms with Gasteiger partial charge in [-0.25, -0.2) is 9.78 Å². The molecule has 1 saturated heterocycles. The lowest BCUT2D eigenvalue weighted by Crippen LogP contribution is -2.47. The van der Waals surface area contributed by atoms with Crippen molar-refractivity contribution in [1.29, 1.82) is 0 Å². The Kier molecular flexibility index (Phi) is 3.35. The fourth-order valence-electron chi connectivity index (χ4n) is 3.26. The predicted molar refractivity (Wildman–Crippen MR) is 88.9 cm³/mol. The molecular formula is C17H17N3O3S. The maximum atomic E-state index is 13.1. The molecule has 1 spiro atoms. The molecule has 3 heterocycles. The van der Waals surface area contributed by atoms with Crippen LogP contribution in [0.15, 0.2) is 24.3 Å². The molecule has 1 atom stereocenters. The highest BCUT2D eigenvalue weighted by molar-refractivity contribution is 7.11. The molecule has 3 amide bonds. The first-order valence-corrected chi connectivity index (χ1v) is 8.62. The molecule has 1 fully saturated rings. The van der Waals surface area contributed by atoms with Crippen LogP contribution in [0.2, 0.25) is 0 Å². The van der Waals surface area contributed by atoms with Crippen molar-refractivity contribution in [3.8, 4) is 5.75 Å². The number of nitrogens with one attached hydrogen (secondary N) is 1. The topological polar surface area (TPSA) is 71.5 Å². The second-order valence-electron chi connectivity index (χ2n) is 6.07. The molecule has 4 rings (SSSR count). The number of amides is 3. The second-order valence-corrected chi connectivity index (χ2v) is 7.36. The molecule has 24 heavy (non-hydrogen) atoms. The van der Waals surface area contributed by atoms with E-state index in [1.807, 2.05) is 38.1 Å². The fraction of sp³-hybridized carbons (Fsp3) is 0.353. The number of urea groups is 1. The van der Waals surface area contributed by atoms with Gasteiger partial charge in [-0.3, -0.25) is 9.69 Å². The Balaban J connectivity index is 1.69. The van der Waals surface area contributed by atoms with Crippen LogP contribution in [0.5, 0.6) is 5.75 Å². The normalized spacial score (nSPS) is 22.5. The molecule has 0 aliphatic carbocycles. The van der Waals surface area contributed by atoms with Crippen LogP contribution >= 0.6 is 11.3 Å². The lowest BCUT2D eigenvalue weighted by atomic mass is 9.84. The molecule has 0 radical (unpaired) electrons. The Bertz CT molecular complexity index is 828. The first kappa shape index (κ1) is 15.1. The van der Waals surface area contributed by atoms with E-state index in [1.165, 1.54) is 16.2 Å². The number of hydrogen-bond acceptors (Lipinski definition) is 5. The number of nitrogens with zero attached hydrogens (tertiary/aromatic N) is 2. The van der Waals surface area contributed by atoms with E-state index in [2.05, 4.69) is 10.3 Å². The van der Waals surface area contributed by atoms with E-state index in [0.717, 1.165) is 21.1 Å². The second kappa shape index (κ2) is 5.31. The van der Waals surface area contributed by atoms with Crippen LogP contribution in [-0.4, -0.2) is 28.4 Å². The Morgan fingerprint density at radius 3 is 2.88 bits per heavy atom. The molecular weight excluding hydrogens is 326 g/mol. The number of aromatic nitrogens is 1. The van der Waals surface area contributed by atoms with E-state index in [1.54, 1.807) is 0 Å². The maximum absolute atomic E-state index is 13.1. The molecule has 0 bridgehead atoms. The summed E-state index contributed by atoms with van der Waals surface area (Å²) in [6.45, 7) is 4.51. The number of carbonyl (C=O) groups excluding carboxylic acids is 2. The number of rotatable bonds is 2. The van der Waals surface area contributed by atoms with Gasteiger partial charge in [-0.1, -0.05) is 18.2 Å². The van der Waals surface area contributed by atoms with Gasteiger partial charge < -0.3 is 10.1 Å². The van der Waals surface area contributed by atoms with E-state index < -0.39 is 5.54 Å². The number of carbonyl (C=O) groups is 2. The third kappa shape index (κ3) is 2.11. The summed E-state index contributed by atoms with van der Waals surface area (Å²) in [6.07, 6.45) is 0.432. The minimum absolute atomic E-state index is 0.203. The van der Waals surface area contributed by atoms with Gasteiger partial charge in [0.15, 0.2) is 5.54 Å². The highest BCUT2D eigenvalue weighted by Gasteiger charge is 2.54. The fourth-order valence-corrected chi connectivity index (χ4v) is 4.18. The lowest BCUT2D eigenvalue weighted by molar-refractivity contribution is -0.133. The number of benzene rings is 1. The van der Waals surface area contributed by atoms with Gasteiger partial charge in [-0.15, -0.1) is 11.3 Å². The van der Waals surface area contributed by atoms with Crippen molar-refractivity contribution < 1.29 is 14.3 Å². The number of para-hydroxylation sites is 1. The zero-order valence-electron chi connectivity index (χ0n) is 13.5. The molecule has 1 N–H and O–H groups in total. The smallest absolute Gasteiger partial charge is 0.325 e. The van der Waals surface area contributed by atoms with Crippen molar-refractivity contribution in [2.24, 2.45) is 0 Å². The number of ether oxygens (including phenoxy) is 1. The van der Waals surface area contributed by atoms with E-state index in [9.17, 15) is 9.59 Å². The molecule has 1 aromatic heterocycles. The Labute approximate surface area is 143 Å². The summed E-state index contributed by atoms with van der Waals surface area (Å²) in [5.74, 6) is 0.425. The number of aryl methyl sites for hydroxylation is 2. The van der Waals surface area contributed by atoms with Crippen molar-refractivity contribution in [1.82, 2.24) is 15.2 Å². The van der Waals surface area contributed by atoms with Crippen LogP contribution in [0.3, 0.4) is 0 Å². The number of imide groups is 1. The minimum Gasteiger partial charge on any atom is -0.493 e. The van der Waals surface area contributed by atoms with Gasteiger partial charge in [-0.05, 0) is 19.9 Å². The Morgan fingerprint density at radius 1 is 1.33 bits per heavy atom. The van der Waals surface area contributed by atoms with Gasteiger partial charge in [0.2, 0.25) is 0 Å². The lowest BCUT2D eigenvalue weighted by Gasteiger charge is -2.33. The maximum Gasteiger partial charge on any atom is 0.325 e. The van der Waals surface area contributed by atoms with Gasteiger partial charge in [0, 0.05) is 16.9 Å². The number of thiazole rings is 1. The molecule has 2 aromatic rings. The van der Waals surface area contributed by atoms with Crippen molar-refractivity contribution in [2.45, 2.75) is 32.4 Å². The number of hydrogen-bond donors (Lipinski definition) is 1. The van der Waals surface area contributed by atoms with Crippen LogP contribution in [0, 0.1) is 13.8 Å². The summed E-state index contributed by atoms with van der Waals surface area (Å²) in [7, 11) is 0. The van der Waals surface area contributed by atoms with Crippen LogP contribution in [0.1, 0.15) is 27.6 Å². The quantitative estimate of drug-likeness (QED) is 0.851. The Hall–Kier alpha value is -2.41. The monoisotopic (exact) mass is 343 g/mol. The summed E-state index contributed by atoms with van der Waals surface area (Å²) in [5, 5.41) is 3.67. The first-order chi connectivity index (χ1) is 11.5. The molecule has 124 valence electrons. The van der Waals surface area contributed by atoms with E-state index >= 15 is 0 Å². The van der Waals surface area contributed by atoms with Crippen LogP contribution < -0.4 is 10.1 Å². The molecule has 1 unspecified atom stereocenters. The molecule has 1 aromatic carbocycles. The zero-order valence-corrected chi connectivity index (χ0v) is 14.3. The summed E-state index contributed by atoms with van der Waals surface area (Å²) in [6, 6.07) is 7.00.